The fraction of sp³-hybridized carbons (Fsp3) is 0.154. The van der Waals surface area contributed by atoms with E-state index in [4.69, 9.17) is 5.84 Å². The lowest BCUT2D eigenvalue weighted by Gasteiger charge is -2.07. The summed E-state index contributed by atoms with van der Waals surface area (Å²) in [5.74, 6) is 4.84. The highest BCUT2D eigenvalue weighted by molar-refractivity contribution is 5.93. The maximum absolute atomic E-state index is 11.4. The van der Waals surface area contributed by atoms with Crippen molar-refractivity contribution in [2.45, 2.75) is 13.5 Å². The highest BCUT2D eigenvalue weighted by atomic mass is 16.2. The molecule has 1 aromatic carbocycles. The number of nitrogens with zero attached hydrogens (tertiary/aromatic N) is 1. The van der Waals surface area contributed by atoms with Gasteiger partial charge in [-0.3, -0.25) is 10.2 Å². The molecule has 1 amide bonds. The minimum atomic E-state index is -0.268. The van der Waals surface area contributed by atoms with Crippen molar-refractivity contribution in [3.8, 4) is 0 Å². The van der Waals surface area contributed by atoms with Gasteiger partial charge in [0.05, 0.1) is 0 Å². The molecule has 0 fully saturated rings. The molecule has 0 saturated heterocycles. The van der Waals surface area contributed by atoms with Crippen molar-refractivity contribution in [2.24, 2.45) is 5.84 Å². The second-order valence-electron chi connectivity index (χ2n) is 3.95. The van der Waals surface area contributed by atoms with Crippen molar-refractivity contribution >= 4 is 5.91 Å². The molecular weight excluding hydrogens is 214 g/mol. The van der Waals surface area contributed by atoms with Crippen molar-refractivity contribution < 1.29 is 4.79 Å². The van der Waals surface area contributed by atoms with E-state index in [1.807, 2.05) is 30.5 Å². The molecule has 0 aliphatic rings. The number of carbonyl (C=O) groups is 1. The highest BCUT2D eigenvalue weighted by Gasteiger charge is 2.04. The SMILES string of the molecule is Cc1cccn1Cc1cccc(C(=O)NN)c1. The molecule has 3 N–H and O–H groups in total. The molecule has 0 saturated carbocycles. The van der Waals surface area contributed by atoms with Crippen LogP contribution in [0.1, 0.15) is 21.6 Å². The van der Waals surface area contributed by atoms with Gasteiger partial charge in [0.25, 0.3) is 5.91 Å². The van der Waals surface area contributed by atoms with E-state index in [1.165, 1.54) is 5.69 Å². The Morgan fingerprint density at radius 2 is 2.18 bits per heavy atom. The third kappa shape index (κ3) is 2.54. The van der Waals surface area contributed by atoms with Crippen LogP contribution in [0.25, 0.3) is 0 Å². The average molecular weight is 229 g/mol. The number of nitrogens with one attached hydrogen (secondary N) is 1. The van der Waals surface area contributed by atoms with Gasteiger partial charge in [-0.25, -0.2) is 5.84 Å². The Morgan fingerprint density at radius 3 is 2.82 bits per heavy atom. The molecule has 0 spiro atoms. The minimum absolute atomic E-state index is 0.268. The maximum Gasteiger partial charge on any atom is 0.265 e. The minimum Gasteiger partial charge on any atom is -0.347 e. The molecule has 4 nitrogen and oxygen atoms in total. The molecule has 4 heteroatoms. The molecule has 0 aliphatic heterocycles. The number of aromatic nitrogens is 1. The number of amides is 1. The van der Waals surface area contributed by atoms with Crippen molar-refractivity contribution in [3.63, 3.8) is 0 Å². The van der Waals surface area contributed by atoms with Crippen molar-refractivity contribution in [1.82, 2.24) is 9.99 Å². The van der Waals surface area contributed by atoms with Gasteiger partial charge >= 0.3 is 0 Å². The number of aryl methyl sites for hydroxylation is 1. The molecule has 0 unspecified atom stereocenters. The molecule has 1 heterocycles. The molecule has 2 rings (SSSR count). The Labute approximate surface area is 100 Å². The highest BCUT2D eigenvalue weighted by Crippen LogP contribution is 2.09. The number of hydrogen-bond donors (Lipinski definition) is 2. The van der Waals surface area contributed by atoms with E-state index in [-0.39, 0.29) is 5.91 Å². The van der Waals surface area contributed by atoms with Crippen molar-refractivity contribution in [1.29, 1.82) is 0 Å². The molecule has 0 atom stereocenters. The third-order valence-corrected chi connectivity index (χ3v) is 2.73. The largest absolute Gasteiger partial charge is 0.347 e. The second-order valence-corrected chi connectivity index (χ2v) is 3.95. The third-order valence-electron chi connectivity index (χ3n) is 2.73. The second kappa shape index (κ2) is 4.84. The lowest BCUT2D eigenvalue weighted by molar-refractivity contribution is 0.0953. The summed E-state index contributed by atoms with van der Waals surface area (Å²) in [6, 6.07) is 11.5. The van der Waals surface area contributed by atoms with Crippen LogP contribution in [0.5, 0.6) is 0 Å². The summed E-state index contributed by atoms with van der Waals surface area (Å²) < 4.78 is 2.12. The van der Waals surface area contributed by atoms with Gasteiger partial charge in [-0.1, -0.05) is 12.1 Å². The average Bonchev–Trinajstić information content (AvgIpc) is 2.74. The lowest BCUT2D eigenvalue weighted by atomic mass is 10.1. The monoisotopic (exact) mass is 229 g/mol. The Bertz CT molecular complexity index is 531. The number of nitrogens with two attached hydrogens (primary N) is 1. The molecule has 0 aliphatic carbocycles. The summed E-state index contributed by atoms with van der Waals surface area (Å²) >= 11 is 0. The van der Waals surface area contributed by atoms with E-state index >= 15 is 0 Å². The van der Waals surface area contributed by atoms with Crippen LogP contribution < -0.4 is 11.3 Å². The van der Waals surface area contributed by atoms with Crippen LogP contribution in [-0.4, -0.2) is 10.5 Å². The van der Waals surface area contributed by atoms with E-state index in [0.29, 0.717) is 5.56 Å². The molecule has 1 aromatic heterocycles. The molecule has 0 bridgehead atoms. The van der Waals surface area contributed by atoms with Crippen LogP contribution in [0.2, 0.25) is 0 Å². The maximum atomic E-state index is 11.4. The first-order chi connectivity index (χ1) is 8.20. The molecule has 0 radical (unpaired) electrons. The number of hydrazine groups is 1. The van der Waals surface area contributed by atoms with E-state index in [9.17, 15) is 4.79 Å². The molecule has 2 aromatic rings. The fourth-order valence-electron chi connectivity index (χ4n) is 1.77. The predicted octanol–water partition coefficient (Wildman–Crippen LogP) is 1.45. The molecule has 88 valence electrons. The first-order valence-corrected chi connectivity index (χ1v) is 5.42. The smallest absolute Gasteiger partial charge is 0.265 e. The predicted molar refractivity (Wildman–Crippen MR) is 66.4 cm³/mol. The van der Waals surface area contributed by atoms with Gasteiger partial charge < -0.3 is 4.57 Å². The zero-order valence-corrected chi connectivity index (χ0v) is 9.68. The van der Waals surface area contributed by atoms with E-state index < -0.39 is 0 Å². The Hall–Kier alpha value is -2.07. The topological polar surface area (TPSA) is 60.0 Å². The summed E-state index contributed by atoms with van der Waals surface area (Å²) in [7, 11) is 0. The van der Waals surface area contributed by atoms with Gasteiger partial charge in [0.15, 0.2) is 0 Å². The lowest BCUT2D eigenvalue weighted by Crippen LogP contribution is -2.30. The van der Waals surface area contributed by atoms with Gasteiger partial charge in [-0.15, -0.1) is 0 Å². The molecular formula is C13H15N3O. The summed E-state index contributed by atoms with van der Waals surface area (Å²) in [4.78, 5) is 11.4. The fourth-order valence-corrected chi connectivity index (χ4v) is 1.77. The van der Waals surface area contributed by atoms with Gasteiger partial charge in [0, 0.05) is 24.0 Å². The van der Waals surface area contributed by atoms with Crippen molar-refractivity contribution in [3.05, 3.63) is 59.4 Å². The van der Waals surface area contributed by atoms with Crippen LogP contribution >= 0.6 is 0 Å². The number of rotatable bonds is 3. The Balaban J connectivity index is 2.22. The van der Waals surface area contributed by atoms with E-state index in [0.717, 1.165) is 12.1 Å². The van der Waals surface area contributed by atoms with Gasteiger partial charge in [-0.2, -0.15) is 0 Å². The van der Waals surface area contributed by atoms with Crippen molar-refractivity contribution in [2.75, 3.05) is 0 Å². The number of nitrogen functional groups attached to an aromatic ring is 1. The summed E-state index contributed by atoms with van der Waals surface area (Å²) in [6.07, 6.45) is 2.02. The standard InChI is InChI=1S/C13H15N3O/c1-10-4-3-7-16(10)9-11-5-2-6-12(8-11)13(17)15-14/h2-8H,9,14H2,1H3,(H,15,17). The van der Waals surface area contributed by atoms with Crippen LogP contribution in [-0.2, 0) is 6.54 Å². The number of hydrogen-bond acceptors (Lipinski definition) is 2. The normalized spacial score (nSPS) is 10.2. The number of benzene rings is 1. The van der Waals surface area contributed by atoms with Crippen LogP contribution in [0.3, 0.4) is 0 Å². The van der Waals surface area contributed by atoms with Gasteiger partial charge in [0.1, 0.15) is 0 Å². The summed E-state index contributed by atoms with van der Waals surface area (Å²) in [5.41, 5.74) is 4.98. The number of carbonyl (C=O) groups excluding carboxylic acids is 1. The zero-order valence-electron chi connectivity index (χ0n) is 9.68. The Kier molecular flexibility index (Phi) is 3.25. The molecule has 17 heavy (non-hydrogen) atoms. The van der Waals surface area contributed by atoms with Crippen LogP contribution in [0.15, 0.2) is 42.6 Å². The van der Waals surface area contributed by atoms with E-state index in [2.05, 4.69) is 23.0 Å². The summed E-state index contributed by atoms with van der Waals surface area (Å²) in [6.45, 7) is 2.81. The van der Waals surface area contributed by atoms with Crippen LogP contribution in [0, 0.1) is 6.92 Å². The van der Waals surface area contributed by atoms with Crippen LogP contribution in [0.4, 0.5) is 0 Å². The zero-order chi connectivity index (χ0) is 12.3. The van der Waals surface area contributed by atoms with E-state index in [1.54, 1.807) is 6.07 Å². The quantitative estimate of drug-likeness (QED) is 0.475. The Morgan fingerprint density at radius 1 is 1.35 bits per heavy atom. The first kappa shape index (κ1) is 11.4. The first-order valence-electron chi connectivity index (χ1n) is 5.42. The summed E-state index contributed by atoms with van der Waals surface area (Å²) in [5, 5.41) is 0. The van der Waals surface area contributed by atoms with Gasteiger partial charge in [-0.05, 0) is 36.8 Å². The van der Waals surface area contributed by atoms with Gasteiger partial charge in [0.2, 0.25) is 0 Å².